The van der Waals surface area contributed by atoms with E-state index in [1.807, 2.05) is 6.92 Å². The molecule has 0 radical (unpaired) electrons. The number of rotatable bonds is 4. The summed E-state index contributed by atoms with van der Waals surface area (Å²) in [6, 6.07) is 5.69. The molecule has 1 aromatic heterocycles. The van der Waals surface area contributed by atoms with Gasteiger partial charge >= 0.3 is 0 Å². The zero-order chi connectivity index (χ0) is 17.2. The van der Waals surface area contributed by atoms with Crippen molar-refractivity contribution in [3.05, 3.63) is 57.7 Å². The fourth-order valence-electron chi connectivity index (χ4n) is 2.85. The van der Waals surface area contributed by atoms with Gasteiger partial charge in [-0.3, -0.25) is 14.9 Å². The first-order chi connectivity index (χ1) is 11.5. The Kier molecular flexibility index (Phi) is 4.30. The van der Waals surface area contributed by atoms with Crippen molar-refractivity contribution in [1.29, 1.82) is 0 Å². The number of H-pyrrole nitrogens is 1. The third-order valence-electron chi connectivity index (χ3n) is 4.17. The van der Waals surface area contributed by atoms with E-state index in [9.17, 15) is 14.9 Å². The topological polar surface area (TPSA) is 110 Å². The molecule has 1 saturated heterocycles. The van der Waals surface area contributed by atoms with Crippen molar-refractivity contribution in [1.82, 2.24) is 15.3 Å². The van der Waals surface area contributed by atoms with Gasteiger partial charge in [-0.05, 0) is 13.0 Å². The molecule has 1 fully saturated rings. The number of benzene rings is 1. The molecule has 1 aliphatic rings. The van der Waals surface area contributed by atoms with Crippen LogP contribution in [0.1, 0.15) is 34.7 Å². The van der Waals surface area contributed by atoms with Crippen LogP contribution in [0.3, 0.4) is 0 Å². The van der Waals surface area contributed by atoms with Gasteiger partial charge in [0.05, 0.1) is 4.92 Å². The van der Waals surface area contributed by atoms with Crippen LogP contribution in [0.4, 0.5) is 5.69 Å². The predicted molar refractivity (Wildman–Crippen MR) is 85.6 cm³/mol. The van der Waals surface area contributed by atoms with E-state index < -0.39 is 10.5 Å². The molecule has 0 unspecified atom stereocenters. The van der Waals surface area contributed by atoms with E-state index in [-0.39, 0.29) is 17.2 Å². The zero-order valence-corrected chi connectivity index (χ0v) is 13.2. The van der Waals surface area contributed by atoms with Crippen LogP contribution in [0.5, 0.6) is 0 Å². The number of carbonyl (C=O) groups excluding carboxylic acids is 1. The number of ether oxygens (including phenoxy) is 1. The highest BCUT2D eigenvalue weighted by Gasteiger charge is 2.38. The summed E-state index contributed by atoms with van der Waals surface area (Å²) in [5, 5.41) is 13.9. The Labute approximate surface area is 138 Å². The number of aryl methyl sites for hydroxylation is 1. The summed E-state index contributed by atoms with van der Waals surface area (Å²) in [6.07, 6.45) is 2.88. The molecule has 8 nitrogen and oxygen atoms in total. The number of amides is 1. The Bertz CT molecular complexity index is 765. The van der Waals surface area contributed by atoms with E-state index in [0.717, 1.165) is 5.69 Å². The van der Waals surface area contributed by atoms with Crippen LogP contribution in [-0.4, -0.2) is 34.0 Å². The minimum Gasteiger partial charge on any atom is -0.381 e. The number of nitrogens with zero attached hydrogens (tertiary/aromatic N) is 2. The molecule has 8 heteroatoms. The molecule has 1 amide bonds. The van der Waals surface area contributed by atoms with Crippen molar-refractivity contribution < 1.29 is 14.5 Å². The van der Waals surface area contributed by atoms with E-state index in [2.05, 4.69) is 15.3 Å². The quantitative estimate of drug-likeness (QED) is 0.658. The van der Waals surface area contributed by atoms with Gasteiger partial charge in [0.2, 0.25) is 0 Å². The van der Waals surface area contributed by atoms with Gasteiger partial charge in [0, 0.05) is 55.6 Å². The Morgan fingerprint density at radius 3 is 2.79 bits per heavy atom. The number of aromatic nitrogens is 2. The number of carbonyl (C=O) groups is 1. The second kappa shape index (κ2) is 6.40. The van der Waals surface area contributed by atoms with Crippen molar-refractivity contribution in [3.63, 3.8) is 0 Å². The van der Waals surface area contributed by atoms with Gasteiger partial charge < -0.3 is 15.0 Å². The van der Waals surface area contributed by atoms with Crippen LogP contribution >= 0.6 is 0 Å². The first-order valence-electron chi connectivity index (χ1n) is 7.67. The van der Waals surface area contributed by atoms with Gasteiger partial charge in [0.1, 0.15) is 11.4 Å². The number of hydrogen-bond acceptors (Lipinski definition) is 5. The minimum atomic E-state index is -0.659. The number of non-ortho nitro benzene ring substituents is 1. The molecular formula is C16H18N4O4. The number of imidazole rings is 1. The lowest BCUT2D eigenvalue weighted by molar-refractivity contribution is -0.384. The second-order valence-electron chi connectivity index (χ2n) is 5.87. The van der Waals surface area contributed by atoms with Crippen molar-refractivity contribution in [3.8, 4) is 0 Å². The monoisotopic (exact) mass is 330 g/mol. The van der Waals surface area contributed by atoms with E-state index in [1.54, 1.807) is 12.3 Å². The zero-order valence-electron chi connectivity index (χ0n) is 13.2. The van der Waals surface area contributed by atoms with Gasteiger partial charge in [-0.15, -0.1) is 0 Å². The first kappa shape index (κ1) is 16.1. The van der Waals surface area contributed by atoms with Crippen LogP contribution in [0.15, 0.2) is 30.5 Å². The normalized spacial score (nSPS) is 16.5. The third-order valence-corrected chi connectivity index (χ3v) is 4.17. The highest BCUT2D eigenvalue weighted by molar-refractivity contribution is 5.95. The van der Waals surface area contributed by atoms with E-state index in [1.165, 1.54) is 18.2 Å². The summed E-state index contributed by atoms with van der Waals surface area (Å²) in [7, 11) is 0. The van der Waals surface area contributed by atoms with Crippen LogP contribution in [0.2, 0.25) is 0 Å². The number of aromatic amines is 1. The molecule has 1 aliphatic heterocycles. The molecule has 1 aromatic carbocycles. The Hall–Kier alpha value is -2.74. The maximum Gasteiger partial charge on any atom is 0.270 e. The van der Waals surface area contributed by atoms with E-state index >= 15 is 0 Å². The molecule has 2 aromatic rings. The van der Waals surface area contributed by atoms with Gasteiger partial charge in [0.15, 0.2) is 0 Å². The maximum atomic E-state index is 12.7. The predicted octanol–water partition coefficient (Wildman–Crippen LogP) is 2.06. The van der Waals surface area contributed by atoms with Crippen LogP contribution in [-0.2, 0) is 10.3 Å². The SMILES string of the molecule is Cc1cnc(C2(NC(=O)c3cccc([N+](=O)[O-])c3)CCOCC2)[nH]1. The van der Waals surface area contributed by atoms with Crippen molar-refractivity contribution >= 4 is 11.6 Å². The highest BCUT2D eigenvalue weighted by atomic mass is 16.6. The van der Waals surface area contributed by atoms with Gasteiger partial charge in [-0.25, -0.2) is 4.98 Å². The number of nitrogens with one attached hydrogen (secondary N) is 2. The Morgan fingerprint density at radius 1 is 1.42 bits per heavy atom. The minimum absolute atomic E-state index is 0.113. The standard InChI is InChI=1S/C16H18N4O4/c1-11-10-17-15(18-11)16(5-7-24-8-6-16)19-14(21)12-3-2-4-13(9-12)20(22)23/h2-4,9-10H,5-8H2,1H3,(H,17,18)(H,19,21). The van der Waals surface area contributed by atoms with Gasteiger partial charge in [-0.2, -0.15) is 0 Å². The van der Waals surface area contributed by atoms with Crippen molar-refractivity contribution in [2.45, 2.75) is 25.3 Å². The smallest absolute Gasteiger partial charge is 0.270 e. The first-order valence-corrected chi connectivity index (χ1v) is 7.67. The van der Waals surface area contributed by atoms with Crippen LogP contribution in [0.25, 0.3) is 0 Å². The summed E-state index contributed by atoms with van der Waals surface area (Å²) in [6.45, 7) is 2.91. The molecule has 2 N–H and O–H groups in total. The molecule has 0 bridgehead atoms. The molecule has 0 saturated carbocycles. The number of nitro groups is 1. The summed E-state index contributed by atoms with van der Waals surface area (Å²) in [4.78, 5) is 30.6. The molecule has 2 heterocycles. The Balaban J connectivity index is 1.89. The molecule has 24 heavy (non-hydrogen) atoms. The molecule has 3 rings (SSSR count). The van der Waals surface area contributed by atoms with Crippen LogP contribution in [0, 0.1) is 17.0 Å². The fraction of sp³-hybridized carbons (Fsp3) is 0.375. The highest BCUT2D eigenvalue weighted by Crippen LogP contribution is 2.30. The summed E-state index contributed by atoms with van der Waals surface area (Å²) in [5.41, 5.74) is 0.380. The fourth-order valence-corrected chi connectivity index (χ4v) is 2.85. The van der Waals surface area contributed by atoms with Gasteiger partial charge in [-0.1, -0.05) is 6.07 Å². The van der Waals surface area contributed by atoms with E-state index in [4.69, 9.17) is 4.74 Å². The largest absolute Gasteiger partial charge is 0.381 e. The molecule has 126 valence electrons. The molecular weight excluding hydrogens is 312 g/mol. The maximum absolute atomic E-state index is 12.7. The Morgan fingerprint density at radius 2 is 2.17 bits per heavy atom. The average molecular weight is 330 g/mol. The molecule has 0 aliphatic carbocycles. The summed E-state index contributed by atoms with van der Waals surface area (Å²) >= 11 is 0. The van der Waals surface area contributed by atoms with Crippen molar-refractivity contribution in [2.75, 3.05) is 13.2 Å². The lowest BCUT2D eigenvalue weighted by atomic mass is 9.88. The third kappa shape index (κ3) is 3.13. The lowest BCUT2D eigenvalue weighted by Gasteiger charge is -2.36. The average Bonchev–Trinajstić information content (AvgIpc) is 3.03. The van der Waals surface area contributed by atoms with Crippen molar-refractivity contribution in [2.24, 2.45) is 0 Å². The van der Waals surface area contributed by atoms with Crippen LogP contribution < -0.4 is 5.32 Å². The van der Waals surface area contributed by atoms with E-state index in [0.29, 0.717) is 31.9 Å². The molecule has 0 atom stereocenters. The second-order valence-corrected chi connectivity index (χ2v) is 5.87. The number of nitro benzene ring substituents is 1. The number of hydrogen-bond donors (Lipinski definition) is 2. The summed E-state index contributed by atoms with van der Waals surface area (Å²) in [5.74, 6) is 0.316. The van der Waals surface area contributed by atoms with Gasteiger partial charge in [0.25, 0.3) is 11.6 Å². The molecule has 0 spiro atoms. The summed E-state index contributed by atoms with van der Waals surface area (Å²) < 4.78 is 5.41. The lowest BCUT2D eigenvalue weighted by Crippen LogP contribution is -2.50.